The van der Waals surface area contributed by atoms with Crippen LogP contribution in [0.3, 0.4) is 0 Å². The Labute approximate surface area is 66.1 Å². The van der Waals surface area contributed by atoms with Crippen LogP contribution in [-0.4, -0.2) is 10.7 Å². The first-order valence-corrected chi connectivity index (χ1v) is 3.38. The number of hydrogen-bond acceptors (Lipinski definition) is 2. The first-order valence-electron chi connectivity index (χ1n) is 2.86. The second kappa shape index (κ2) is 3.18. The van der Waals surface area contributed by atoms with E-state index in [0.717, 1.165) is 0 Å². The lowest BCUT2D eigenvalue weighted by molar-refractivity contribution is -0.105. The number of nitrogens with zero attached hydrogens (tertiary/aromatic N) is 2. The molecular weight excluding hydrogens is 161 g/mol. The topological polar surface area (TPSA) is 57.8 Å². The first kappa shape index (κ1) is 7.77. The Bertz CT molecular complexity index is 312. The molecule has 1 aromatic heterocycles. The fraction of sp³-hybridized carbons (Fsp3) is 0. The monoisotopic (exact) mass is 167 g/mol. The number of hydrogen-bond donors (Lipinski definition) is 1. The molecule has 0 aliphatic heterocycles. The number of carbonyl (C=O) groups excluding carboxylic acids is 1. The number of carbonyl (C=O) groups is 1. The van der Waals surface area contributed by atoms with Crippen LogP contribution in [0.4, 0.5) is 5.82 Å². The summed E-state index contributed by atoms with van der Waals surface area (Å²) in [7, 11) is 2.36. The molecule has 1 N–H and O–H groups in total. The maximum Gasteiger partial charge on any atom is 0.212 e. The van der Waals surface area contributed by atoms with Gasteiger partial charge in [-0.05, 0) is 15.5 Å². The normalized spacial score (nSPS) is 8.73. The van der Waals surface area contributed by atoms with E-state index >= 15 is 0 Å². The lowest BCUT2D eigenvalue weighted by Gasteiger charge is -1.98. The number of rotatable bonds is 2. The van der Waals surface area contributed by atoms with Crippen molar-refractivity contribution in [3.63, 3.8) is 0 Å². The highest BCUT2D eigenvalue weighted by Gasteiger charge is 2.03. The molecule has 0 spiro atoms. The zero-order valence-electron chi connectivity index (χ0n) is 5.61. The lowest BCUT2D eigenvalue weighted by Crippen LogP contribution is -1.98. The summed E-state index contributed by atoms with van der Waals surface area (Å²) >= 11 is 0. The first-order chi connectivity index (χ1) is 5.29. The summed E-state index contributed by atoms with van der Waals surface area (Å²) in [4.78, 5) is 10.0. The molecule has 0 bridgehead atoms. The summed E-state index contributed by atoms with van der Waals surface area (Å²) in [6, 6.07) is 3.57. The van der Waals surface area contributed by atoms with Gasteiger partial charge in [0, 0.05) is 6.20 Å². The molecule has 1 amide bonds. The third-order valence-corrected chi connectivity index (χ3v) is 1.66. The fourth-order valence-corrected chi connectivity index (χ4v) is 1.05. The summed E-state index contributed by atoms with van der Waals surface area (Å²) in [6.07, 6.45) is 2.21. The Kier molecular flexibility index (Phi) is 2.25. The lowest BCUT2D eigenvalue weighted by atomic mass is 10.3. The zero-order chi connectivity index (χ0) is 8.27. The predicted molar refractivity (Wildman–Crippen MR) is 43.9 cm³/mol. The van der Waals surface area contributed by atoms with E-state index < -0.39 is 0 Å². The van der Waals surface area contributed by atoms with Crippen molar-refractivity contribution < 1.29 is 4.79 Å². The molecule has 4 nitrogen and oxygen atoms in total. The molecule has 0 fully saturated rings. The second-order valence-corrected chi connectivity index (χ2v) is 2.42. The Hall–Kier alpha value is -1.33. The van der Waals surface area contributed by atoms with Gasteiger partial charge in [0.1, 0.15) is 11.9 Å². The van der Waals surface area contributed by atoms with Gasteiger partial charge in [0.15, 0.2) is 0 Å². The highest BCUT2D eigenvalue weighted by Crippen LogP contribution is 2.17. The maximum atomic E-state index is 10.0. The minimum atomic E-state index is 0.451. The SMILES string of the molecule is N#Cc1ccn(P)c1NC=O. The van der Waals surface area contributed by atoms with Crippen LogP contribution in [0.1, 0.15) is 5.56 Å². The van der Waals surface area contributed by atoms with Crippen molar-refractivity contribution in [2.24, 2.45) is 0 Å². The smallest absolute Gasteiger partial charge is 0.212 e. The molecule has 0 radical (unpaired) electrons. The molecule has 0 aliphatic carbocycles. The Morgan fingerprint density at radius 3 is 3.09 bits per heavy atom. The summed E-state index contributed by atoms with van der Waals surface area (Å²) in [5, 5.41) is 10.9. The molecule has 1 atom stereocenters. The Balaban J connectivity index is 3.09. The Morgan fingerprint density at radius 1 is 1.82 bits per heavy atom. The average Bonchev–Trinajstić information content (AvgIpc) is 2.34. The van der Waals surface area contributed by atoms with E-state index in [-0.39, 0.29) is 0 Å². The van der Waals surface area contributed by atoms with Crippen LogP contribution in [0.25, 0.3) is 0 Å². The minimum absolute atomic E-state index is 0.451. The quantitative estimate of drug-likeness (QED) is 0.517. The third-order valence-electron chi connectivity index (χ3n) is 1.23. The van der Waals surface area contributed by atoms with Gasteiger partial charge in [-0.3, -0.25) is 4.79 Å². The van der Waals surface area contributed by atoms with Gasteiger partial charge in [-0.1, -0.05) is 0 Å². The molecule has 56 valence electrons. The van der Waals surface area contributed by atoms with Crippen LogP contribution in [-0.2, 0) is 4.79 Å². The fourth-order valence-electron chi connectivity index (χ4n) is 0.746. The van der Waals surface area contributed by atoms with E-state index in [1.54, 1.807) is 16.6 Å². The van der Waals surface area contributed by atoms with E-state index in [1.165, 1.54) is 0 Å². The van der Waals surface area contributed by atoms with Crippen LogP contribution in [0.15, 0.2) is 12.3 Å². The van der Waals surface area contributed by atoms with Crippen LogP contribution in [0.5, 0.6) is 0 Å². The van der Waals surface area contributed by atoms with E-state index in [4.69, 9.17) is 5.26 Å². The van der Waals surface area contributed by atoms with Gasteiger partial charge in [0.2, 0.25) is 6.41 Å². The number of anilines is 1. The van der Waals surface area contributed by atoms with Crippen molar-refractivity contribution in [3.05, 3.63) is 17.8 Å². The summed E-state index contributed by atoms with van der Waals surface area (Å²) in [5.41, 5.74) is 0.451. The van der Waals surface area contributed by atoms with Crippen LogP contribution < -0.4 is 5.32 Å². The molecule has 1 unspecified atom stereocenters. The predicted octanol–water partition coefficient (Wildman–Crippen LogP) is 0.566. The van der Waals surface area contributed by atoms with Gasteiger partial charge in [0.05, 0.1) is 5.56 Å². The van der Waals surface area contributed by atoms with Crippen molar-refractivity contribution >= 4 is 21.6 Å². The number of aromatic nitrogens is 1. The summed E-state index contributed by atoms with van der Waals surface area (Å²) < 4.78 is 1.59. The molecule has 0 saturated heterocycles. The van der Waals surface area contributed by atoms with Gasteiger partial charge < -0.3 is 9.65 Å². The largest absolute Gasteiger partial charge is 0.318 e. The average molecular weight is 167 g/mol. The molecule has 1 heterocycles. The summed E-state index contributed by atoms with van der Waals surface area (Å²) in [5.74, 6) is 0.493. The molecule has 0 aromatic carbocycles. The van der Waals surface area contributed by atoms with Gasteiger partial charge in [-0.2, -0.15) is 5.26 Å². The molecule has 5 heteroatoms. The van der Waals surface area contributed by atoms with Gasteiger partial charge >= 0.3 is 0 Å². The number of nitriles is 1. The molecule has 11 heavy (non-hydrogen) atoms. The maximum absolute atomic E-state index is 10.0. The van der Waals surface area contributed by atoms with E-state index in [0.29, 0.717) is 17.8 Å². The van der Waals surface area contributed by atoms with Gasteiger partial charge in [-0.25, -0.2) is 0 Å². The molecule has 1 aromatic rings. The standard InChI is InChI=1S/C6H6N3OP/c7-3-5-1-2-9(11)6(5)8-4-10/h1-2,4H,11H2,(H,8,10). The van der Waals surface area contributed by atoms with Crippen LogP contribution >= 0.6 is 9.39 Å². The Morgan fingerprint density at radius 2 is 2.55 bits per heavy atom. The zero-order valence-corrected chi connectivity index (χ0v) is 6.77. The van der Waals surface area contributed by atoms with Crippen molar-refractivity contribution in [3.8, 4) is 6.07 Å². The number of amides is 1. The molecule has 0 saturated carbocycles. The molecular formula is C6H6N3OP. The summed E-state index contributed by atoms with van der Waals surface area (Å²) in [6.45, 7) is 0. The van der Waals surface area contributed by atoms with Crippen molar-refractivity contribution in [2.75, 3.05) is 5.32 Å². The number of nitrogens with one attached hydrogen (secondary N) is 1. The van der Waals surface area contributed by atoms with E-state index in [1.807, 2.05) is 6.07 Å². The molecule has 1 rings (SSSR count). The van der Waals surface area contributed by atoms with Gasteiger partial charge in [-0.15, -0.1) is 0 Å². The van der Waals surface area contributed by atoms with Crippen LogP contribution in [0.2, 0.25) is 0 Å². The second-order valence-electron chi connectivity index (χ2n) is 1.86. The minimum Gasteiger partial charge on any atom is -0.318 e. The van der Waals surface area contributed by atoms with Crippen molar-refractivity contribution in [2.45, 2.75) is 0 Å². The highest BCUT2D eigenvalue weighted by molar-refractivity contribution is 7.14. The van der Waals surface area contributed by atoms with E-state index in [9.17, 15) is 4.79 Å². The highest BCUT2D eigenvalue weighted by atomic mass is 31.0. The van der Waals surface area contributed by atoms with E-state index in [2.05, 4.69) is 14.7 Å². The van der Waals surface area contributed by atoms with Crippen molar-refractivity contribution in [1.82, 2.24) is 4.34 Å². The third kappa shape index (κ3) is 1.39. The molecule has 0 aliphatic rings. The van der Waals surface area contributed by atoms with Crippen LogP contribution in [0, 0.1) is 11.3 Å². The van der Waals surface area contributed by atoms with Crippen molar-refractivity contribution in [1.29, 1.82) is 5.26 Å². The van der Waals surface area contributed by atoms with Gasteiger partial charge in [0.25, 0.3) is 0 Å².